The quantitative estimate of drug-likeness (QED) is 0.266. The third kappa shape index (κ3) is 6.91. The van der Waals surface area contributed by atoms with E-state index in [2.05, 4.69) is 16.3 Å². The van der Waals surface area contributed by atoms with Gasteiger partial charge in [0.05, 0.1) is 6.04 Å². The maximum Gasteiger partial charge on any atom is 0.254 e. The van der Waals surface area contributed by atoms with Crippen LogP contribution in [0.25, 0.3) is 0 Å². The van der Waals surface area contributed by atoms with Gasteiger partial charge in [-0.05, 0) is 72.7 Å². The van der Waals surface area contributed by atoms with E-state index in [-0.39, 0.29) is 17.8 Å². The Labute approximate surface area is 227 Å². The number of fused-ring (bicyclic) bond motifs is 1. The van der Waals surface area contributed by atoms with Crippen molar-refractivity contribution in [3.05, 3.63) is 105 Å². The number of nitrogens with one attached hydrogen (secondary N) is 1. The Morgan fingerprint density at radius 2 is 1.76 bits per heavy atom. The Bertz CT molecular complexity index is 1230. The van der Waals surface area contributed by atoms with Crippen molar-refractivity contribution in [1.82, 2.24) is 10.2 Å². The summed E-state index contributed by atoms with van der Waals surface area (Å²) in [5, 5.41) is 3.78. The molecule has 1 N–H and O–H groups in total. The Kier molecular flexibility index (Phi) is 9.59. The summed E-state index contributed by atoms with van der Waals surface area (Å²) in [6.45, 7) is 0.549. The number of hydrogen-bond donors (Lipinski definition) is 1. The minimum atomic E-state index is -0.237. The first-order valence-electron chi connectivity index (χ1n) is 12.7. The van der Waals surface area contributed by atoms with Gasteiger partial charge in [0.2, 0.25) is 6.41 Å². The summed E-state index contributed by atoms with van der Waals surface area (Å²) < 4.78 is 12.6. The molecule has 1 fully saturated rings. The third-order valence-electron chi connectivity index (χ3n) is 7.05. The minimum absolute atomic E-state index is 0.0183. The minimum Gasteiger partial charge on any atom is -0.358 e. The van der Waals surface area contributed by atoms with Crippen LogP contribution in [0.3, 0.4) is 0 Å². The molecule has 0 aromatic heterocycles. The molecule has 4 nitrogen and oxygen atoms in total. The summed E-state index contributed by atoms with van der Waals surface area (Å²) in [5.41, 5.74) is 3.84. The molecule has 0 spiro atoms. The van der Waals surface area contributed by atoms with Crippen LogP contribution in [0.4, 0.5) is 4.39 Å². The molecule has 1 heterocycles. The van der Waals surface area contributed by atoms with E-state index in [0.717, 1.165) is 41.5 Å². The van der Waals surface area contributed by atoms with Crippen molar-refractivity contribution in [2.45, 2.75) is 57.0 Å². The van der Waals surface area contributed by atoms with Crippen LogP contribution in [0, 0.1) is 5.82 Å². The molecule has 1 aliphatic carbocycles. The van der Waals surface area contributed by atoms with Gasteiger partial charge in [-0.15, -0.1) is 0 Å². The standard InChI is InChI=1S/C21H21Cl2NO.C9H10FNO/c22-15-10-11-18(19(23)13-15)20-12-14-6-4-5-9-17(14)21(25)24(20)16-7-2-1-3-8-16;10-9-3-1-2-8(6-9)4-5-11-7-12/h4-6,9-11,13,16,20H,1-3,7-8,12H2;1-3,6-7H,4-5H2,(H,11,12). The van der Waals surface area contributed by atoms with E-state index in [0.29, 0.717) is 35.5 Å². The highest BCUT2D eigenvalue weighted by Gasteiger charge is 2.38. The van der Waals surface area contributed by atoms with E-state index < -0.39 is 0 Å². The molecule has 1 aliphatic heterocycles. The zero-order chi connectivity index (χ0) is 26.2. The molecule has 0 bridgehead atoms. The molecular weight excluding hydrogens is 510 g/mol. The van der Waals surface area contributed by atoms with Crippen molar-refractivity contribution in [3.63, 3.8) is 0 Å². The molecule has 0 saturated heterocycles. The Hall–Kier alpha value is -2.89. The SMILES string of the molecule is O=C1c2ccccc2CC(c2ccc(Cl)cc2Cl)N1C1CCCCC1.O=CNCCc1cccc(F)c1. The second kappa shape index (κ2) is 13.1. The van der Waals surface area contributed by atoms with Crippen molar-refractivity contribution < 1.29 is 14.0 Å². The monoisotopic (exact) mass is 540 g/mol. The average Bonchev–Trinajstić information content (AvgIpc) is 2.90. The summed E-state index contributed by atoms with van der Waals surface area (Å²) in [6.07, 6.45) is 7.91. The lowest BCUT2D eigenvalue weighted by Crippen LogP contribution is -2.47. The summed E-state index contributed by atoms with van der Waals surface area (Å²) in [5.74, 6) is -0.0941. The summed E-state index contributed by atoms with van der Waals surface area (Å²) in [7, 11) is 0. The van der Waals surface area contributed by atoms with Gasteiger partial charge in [0, 0.05) is 28.2 Å². The predicted molar refractivity (Wildman–Crippen MR) is 147 cm³/mol. The molecule has 7 heteroatoms. The average molecular weight is 541 g/mol. The van der Waals surface area contributed by atoms with Gasteiger partial charge in [-0.1, -0.05) is 78.9 Å². The molecule has 2 aliphatic rings. The van der Waals surface area contributed by atoms with Crippen LogP contribution >= 0.6 is 23.2 Å². The van der Waals surface area contributed by atoms with E-state index in [1.807, 2.05) is 36.4 Å². The fraction of sp³-hybridized carbons (Fsp3) is 0.333. The van der Waals surface area contributed by atoms with Gasteiger partial charge in [0.25, 0.3) is 5.91 Å². The molecule has 3 aromatic carbocycles. The number of amides is 2. The molecule has 37 heavy (non-hydrogen) atoms. The van der Waals surface area contributed by atoms with Crippen LogP contribution in [-0.2, 0) is 17.6 Å². The van der Waals surface area contributed by atoms with Crippen LogP contribution in [0.15, 0.2) is 66.7 Å². The van der Waals surface area contributed by atoms with Crippen molar-refractivity contribution in [1.29, 1.82) is 0 Å². The highest BCUT2D eigenvalue weighted by atomic mass is 35.5. The smallest absolute Gasteiger partial charge is 0.254 e. The Morgan fingerprint density at radius 3 is 2.49 bits per heavy atom. The van der Waals surface area contributed by atoms with Crippen LogP contribution < -0.4 is 5.32 Å². The Balaban J connectivity index is 0.000000225. The third-order valence-corrected chi connectivity index (χ3v) is 7.61. The molecule has 0 radical (unpaired) electrons. The lowest BCUT2D eigenvalue weighted by Gasteiger charge is -2.43. The van der Waals surface area contributed by atoms with Crippen LogP contribution in [-0.4, -0.2) is 29.8 Å². The molecule has 1 saturated carbocycles. The van der Waals surface area contributed by atoms with Gasteiger partial charge in [0.15, 0.2) is 0 Å². The van der Waals surface area contributed by atoms with Gasteiger partial charge in [-0.25, -0.2) is 4.39 Å². The second-order valence-electron chi connectivity index (χ2n) is 9.50. The largest absolute Gasteiger partial charge is 0.358 e. The van der Waals surface area contributed by atoms with E-state index >= 15 is 0 Å². The van der Waals surface area contributed by atoms with Gasteiger partial charge in [-0.3, -0.25) is 9.59 Å². The van der Waals surface area contributed by atoms with Gasteiger partial charge in [0.1, 0.15) is 5.82 Å². The lowest BCUT2D eigenvalue weighted by molar-refractivity contribution is -0.109. The van der Waals surface area contributed by atoms with Gasteiger partial charge < -0.3 is 10.2 Å². The fourth-order valence-corrected chi connectivity index (χ4v) is 5.81. The molecule has 194 valence electrons. The summed E-state index contributed by atoms with van der Waals surface area (Å²) in [6, 6.07) is 20.2. The molecule has 3 aromatic rings. The van der Waals surface area contributed by atoms with Gasteiger partial charge in [-0.2, -0.15) is 0 Å². The van der Waals surface area contributed by atoms with E-state index in [9.17, 15) is 14.0 Å². The maximum absolute atomic E-state index is 13.3. The number of carbonyl (C=O) groups is 2. The number of benzene rings is 3. The second-order valence-corrected chi connectivity index (χ2v) is 10.3. The van der Waals surface area contributed by atoms with Crippen LogP contribution in [0.1, 0.15) is 65.2 Å². The maximum atomic E-state index is 13.3. The van der Waals surface area contributed by atoms with Crippen molar-refractivity contribution >= 4 is 35.5 Å². The number of rotatable bonds is 6. The molecule has 1 atom stereocenters. The summed E-state index contributed by atoms with van der Waals surface area (Å²) >= 11 is 12.6. The van der Waals surface area contributed by atoms with Crippen LogP contribution in [0.5, 0.6) is 0 Å². The zero-order valence-corrected chi connectivity index (χ0v) is 22.1. The first kappa shape index (κ1) is 27.2. The molecule has 5 rings (SSSR count). The molecule has 2 amide bonds. The predicted octanol–water partition coefficient (Wildman–Crippen LogP) is 7.18. The molecule has 1 unspecified atom stereocenters. The van der Waals surface area contributed by atoms with Crippen molar-refractivity contribution in [2.75, 3.05) is 6.54 Å². The lowest BCUT2D eigenvalue weighted by atomic mass is 9.85. The van der Waals surface area contributed by atoms with E-state index in [1.165, 1.54) is 31.4 Å². The number of nitrogens with zero attached hydrogens (tertiary/aromatic N) is 1. The topological polar surface area (TPSA) is 49.4 Å². The van der Waals surface area contributed by atoms with Crippen molar-refractivity contribution in [2.24, 2.45) is 0 Å². The first-order chi connectivity index (χ1) is 18.0. The highest BCUT2D eigenvalue weighted by Crippen LogP contribution is 2.40. The number of halogens is 3. The molecular formula is C30H31Cl2FN2O2. The van der Waals surface area contributed by atoms with E-state index in [1.54, 1.807) is 12.1 Å². The summed E-state index contributed by atoms with van der Waals surface area (Å²) in [4.78, 5) is 25.3. The van der Waals surface area contributed by atoms with Crippen molar-refractivity contribution in [3.8, 4) is 0 Å². The zero-order valence-electron chi connectivity index (χ0n) is 20.6. The van der Waals surface area contributed by atoms with Gasteiger partial charge >= 0.3 is 0 Å². The van der Waals surface area contributed by atoms with E-state index in [4.69, 9.17) is 23.2 Å². The number of hydrogen-bond acceptors (Lipinski definition) is 2. The highest BCUT2D eigenvalue weighted by molar-refractivity contribution is 6.35. The number of carbonyl (C=O) groups excluding carboxylic acids is 2. The van der Waals surface area contributed by atoms with Crippen LogP contribution in [0.2, 0.25) is 10.0 Å². The normalized spacial score (nSPS) is 17.4. The first-order valence-corrected chi connectivity index (χ1v) is 13.5. The Morgan fingerprint density at radius 1 is 0.973 bits per heavy atom. The fourth-order valence-electron chi connectivity index (χ4n) is 5.27.